The third kappa shape index (κ3) is 5.45. The van der Waals surface area contributed by atoms with Crippen LogP contribution in [0.4, 0.5) is 0 Å². The Balaban J connectivity index is 1.74. The van der Waals surface area contributed by atoms with Gasteiger partial charge in [-0.1, -0.05) is 25.3 Å². The summed E-state index contributed by atoms with van der Waals surface area (Å²) in [6, 6.07) is 10.0. The zero-order chi connectivity index (χ0) is 21.3. The maximum atomic E-state index is 12.5. The lowest BCUT2D eigenvalue weighted by Crippen LogP contribution is -2.36. The summed E-state index contributed by atoms with van der Waals surface area (Å²) in [6.07, 6.45) is 9.75. The number of carbonyl (C=O) groups is 2. The van der Waals surface area contributed by atoms with Crippen molar-refractivity contribution in [3.8, 4) is 17.6 Å². The van der Waals surface area contributed by atoms with Gasteiger partial charge in [0.25, 0.3) is 5.91 Å². The monoisotopic (exact) mass is 405 g/mol. The fourth-order valence-electron chi connectivity index (χ4n) is 3.33. The summed E-state index contributed by atoms with van der Waals surface area (Å²) < 4.78 is 10.7. The maximum Gasteiger partial charge on any atom is 0.343 e. The third-order valence-electron chi connectivity index (χ3n) is 4.92. The van der Waals surface area contributed by atoms with Crippen molar-refractivity contribution in [1.82, 2.24) is 10.3 Å². The molecular weight excluding hydrogens is 382 g/mol. The van der Waals surface area contributed by atoms with Crippen molar-refractivity contribution in [1.29, 1.82) is 5.26 Å². The van der Waals surface area contributed by atoms with Gasteiger partial charge in [-0.15, -0.1) is 0 Å². The van der Waals surface area contributed by atoms with E-state index in [0.29, 0.717) is 16.9 Å². The molecule has 1 aliphatic carbocycles. The summed E-state index contributed by atoms with van der Waals surface area (Å²) in [5, 5.41) is 12.4. The molecule has 7 nitrogen and oxygen atoms in total. The SMILES string of the molecule is COc1cc(/C=C(\C#N)C(=O)NC2CCCCC2)ccc1OC(=O)c1ccncc1. The minimum Gasteiger partial charge on any atom is -0.493 e. The number of nitrogens with zero attached hydrogens (tertiary/aromatic N) is 2. The van der Waals surface area contributed by atoms with E-state index in [4.69, 9.17) is 9.47 Å². The van der Waals surface area contributed by atoms with Gasteiger partial charge in [0.1, 0.15) is 11.6 Å². The van der Waals surface area contributed by atoms with E-state index in [9.17, 15) is 14.9 Å². The first-order valence-corrected chi connectivity index (χ1v) is 9.83. The first kappa shape index (κ1) is 21.1. The molecule has 0 bridgehead atoms. The second kappa shape index (κ2) is 10.2. The highest BCUT2D eigenvalue weighted by atomic mass is 16.6. The number of pyridine rings is 1. The topological polar surface area (TPSA) is 101 Å². The molecule has 1 aliphatic rings. The highest BCUT2D eigenvalue weighted by Crippen LogP contribution is 2.29. The van der Waals surface area contributed by atoms with E-state index in [2.05, 4.69) is 10.3 Å². The number of benzene rings is 1. The largest absolute Gasteiger partial charge is 0.493 e. The lowest BCUT2D eigenvalue weighted by molar-refractivity contribution is -0.117. The summed E-state index contributed by atoms with van der Waals surface area (Å²) in [4.78, 5) is 28.6. The quantitative estimate of drug-likeness (QED) is 0.341. The Labute approximate surface area is 175 Å². The van der Waals surface area contributed by atoms with Crippen LogP contribution in [0.3, 0.4) is 0 Å². The summed E-state index contributed by atoms with van der Waals surface area (Å²) in [5.74, 6) is -0.363. The van der Waals surface area contributed by atoms with E-state index < -0.39 is 5.97 Å². The lowest BCUT2D eigenvalue weighted by Gasteiger charge is -2.22. The molecule has 0 atom stereocenters. The fourth-order valence-corrected chi connectivity index (χ4v) is 3.33. The summed E-state index contributed by atoms with van der Waals surface area (Å²) >= 11 is 0. The van der Waals surface area contributed by atoms with Crippen LogP contribution in [-0.2, 0) is 4.79 Å². The van der Waals surface area contributed by atoms with Gasteiger partial charge < -0.3 is 14.8 Å². The number of esters is 1. The predicted molar refractivity (Wildman–Crippen MR) is 111 cm³/mol. The molecule has 30 heavy (non-hydrogen) atoms. The van der Waals surface area contributed by atoms with E-state index in [0.717, 1.165) is 25.7 Å². The van der Waals surface area contributed by atoms with Crippen molar-refractivity contribution in [3.63, 3.8) is 0 Å². The Hall–Kier alpha value is -3.66. The van der Waals surface area contributed by atoms with Gasteiger partial charge in [0.15, 0.2) is 11.5 Å². The van der Waals surface area contributed by atoms with Crippen molar-refractivity contribution >= 4 is 18.0 Å². The van der Waals surface area contributed by atoms with Crippen LogP contribution in [-0.4, -0.2) is 30.0 Å². The number of hydrogen-bond acceptors (Lipinski definition) is 6. The van der Waals surface area contributed by atoms with Crippen LogP contribution in [0.2, 0.25) is 0 Å². The second-order valence-electron chi connectivity index (χ2n) is 7.01. The first-order valence-electron chi connectivity index (χ1n) is 9.83. The van der Waals surface area contributed by atoms with E-state index in [1.807, 2.05) is 6.07 Å². The normalized spacial score (nSPS) is 14.5. The van der Waals surface area contributed by atoms with Crippen molar-refractivity contribution < 1.29 is 19.1 Å². The molecule has 1 N–H and O–H groups in total. The minimum absolute atomic E-state index is 0.0177. The van der Waals surface area contributed by atoms with Crippen molar-refractivity contribution in [2.75, 3.05) is 7.11 Å². The zero-order valence-electron chi connectivity index (χ0n) is 16.8. The molecule has 1 heterocycles. The number of hydrogen-bond donors (Lipinski definition) is 1. The number of methoxy groups -OCH3 is 1. The Bertz CT molecular complexity index is 974. The molecule has 1 aromatic heterocycles. The van der Waals surface area contributed by atoms with Crippen LogP contribution in [0.25, 0.3) is 6.08 Å². The molecule has 1 saturated carbocycles. The molecule has 1 fully saturated rings. The number of rotatable bonds is 6. The summed E-state index contributed by atoms with van der Waals surface area (Å²) in [5.41, 5.74) is 0.970. The highest BCUT2D eigenvalue weighted by Gasteiger charge is 2.18. The van der Waals surface area contributed by atoms with E-state index in [1.165, 1.54) is 32.0 Å². The Morgan fingerprint density at radius 1 is 1.13 bits per heavy atom. The summed E-state index contributed by atoms with van der Waals surface area (Å²) in [7, 11) is 1.45. The molecule has 0 aliphatic heterocycles. The Morgan fingerprint density at radius 3 is 2.53 bits per heavy atom. The molecule has 0 unspecified atom stereocenters. The molecule has 7 heteroatoms. The minimum atomic E-state index is -0.538. The number of ether oxygens (including phenoxy) is 2. The maximum absolute atomic E-state index is 12.5. The molecule has 0 saturated heterocycles. The first-order chi connectivity index (χ1) is 14.6. The van der Waals surface area contributed by atoms with Gasteiger partial charge in [-0.3, -0.25) is 9.78 Å². The van der Waals surface area contributed by atoms with Gasteiger partial charge in [-0.2, -0.15) is 5.26 Å². The smallest absolute Gasteiger partial charge is 0.343 e. The van der Waals surface area contributed by atoms with Crippen LogP contribution >= 0.6 is 0 Å². The van der Waals surface area contributed by atoms with E-state index >= 15 is 0 Å². The van der Waals surface area contributed by atoms with Gasteiger partial charge in [0.2, 0.25) is 0 Å². The van der Waals surface area contributed by atoms with Crippen LogP contribution in [0, 0.1) is 11.3 Å². The fraction of sp³-hybridized carbons (Fsp3) is 0.304. The molecular formula is C23H23N3O4. The highest BCUT2D eigenvalue weighted by molar-refractivity contribution is 6.02. The van der Waals surface area contributed by atoms with Gasteiger partial charge in [-0.25, -0.2) is 4.79 Å². The predicted octanol–water partition coefficient (Wildman–Crippen LogP) is 3.67. The number of nitriles is 1. The third-order valence-corrected chi connectivity index (χ3v) is 4.92. The van der Waals surface area contributed by atoms with E-state index in [1.54, 1.807) is 30.3 Å². The molecule has 0 radical (unpaired) electrons. The zero-order valence-corrected chi connectivity index (χ0v) is 16.8. The number of carbonyl (C=O) groups excluding carboxylic acids is 2. The van der Waals surface area contributed by atoms with E-state index in [-0.39, 0.29) is 23.3 Å². The summed E-state index contributed by atoms with van der Waals surface area (Å²) in [6.45, 7) is 0. The molecule has 1 aromatic carbocycles. The standard InChI is InChI=1S/C23H23N3O4/c1-29-21-14-16(7-8-20(21)30-23(28)17-9-11-25-12-10-17)13-18(15-24)22(27)26-19-5-3-2-4-6-19/h7-14,19H,2-6H2,1H3,(H,26,27)/b18-13+. The molecule has 0 spiro atoms. The number of nitrogens with one attached hydrogen (secondary N) is 1. The second-order valence-corrected chi connectivity index (χ2v) is 7.01. The average Bonchev–Trinajstić information content (AvgIpc) is 2.79. The number of aromatic nitrogens is 1. The molecule has 1 amide bonds. The van der Waals surface area contributed by atoms with Crippen LogP contribution in [0.1, 0.15) is 48.0 Å². The van der Waals surface area contributed by atoms with Crippen LogP contribution in [0.5, 0.6) is 11.5 Å². The average molecular weight is 405 g/mol. The van der Waals surface area contributed by atoms with Crippen molar-refractivity contribution in [2.45, 2.75) is 38.1 Å². The Kier molecular flexibility index (Phi) is 7.17. The Morgan fingerprint density at radius 2 is 1.87 bits per heavy atom. The van der Waals surface area contributed by atoms with Crippen LogP contribution in [0.15, 0.2) is 48.3 Å². The molecule has 2 aromatic rings. The van der Waals surface area contributed by atoms with Crippen LogP contribution < -0.4 is 14.8 Å². The molecule has 3 rings (SSSR count). The van der Waals surface area contributed by atoms with Gasteiger partial charge in [-0.05, 0) is 48.7 Å². The van der Waals surface area contributed by atoms with Crippen molar-refractivity contribution in [3.05, 3.63) is 59.4 Å². The molecule has 154 valence electrons. The van der Waals surface area contributed by atoms with Gasteiger partial charge >= 0.3 is 5.97 Å². The lowest BCUT2D eigenvalue weighted by atomic mass is 9.95. The number of amides is 1. The van der Waals surface area contributed by atoms with Gasteiger partial charge in [0.05, 0.1) is 12.7 Å². The van der Waals surface area contributed by atoms with Crippen molar-refractivity contribution in [2.24, 2.45) is 0 Å². The van der Waals surface area contributed by atoms with Gasteiger partial charge in [0, 0.05) is 18.4 Å².